The first-order valence-electron chi connectivity index (χ1n) is 4.73. The molecule has 0 radical (unpaired) electrons. The molecule has 0 aliphatic rings. The molecule has 0 fully saturated rings. The van der Waals surface area contributed by atoms with Crippen LogP contribution in [0.5, 0.6) is 11.8 Å². The maximum absolute atomic E-state index is 7.30. The Bertz CT molecular complexity index is 566. The number of benzene rings is 1. The van der Waals surface area contributed by atoms with Crippen LogP contribution in [0.1, 0.15) is 5.56 Å². The van der Waals surface area contributed by atoms with Crippen LogP contribution in [0.3, 0.4) is 0 Å². The fourth-order valence-corrected chi connectivity index (χ4v) is 1.52. The molecule has 2 aromatic rings. The Morgan fingerprint density at radius 1 is 1.53 bits per heavy atom. The third-order valence-corrected chi connectivity index (χ3v) is 2.33. The number of rotatable bonds is 3. The summed E-state index contributed by atoms with van der Waals surface area (Å²) in [6, 6.07) is 5.07. The number of nitrogens with one attached hydrogen (secondary N) is 1. The highest BCUT2D eigenvalue weighted by molar-refractivity contribution is 6.34. The monoisotopic (exact) mass is 251 g/mol. The molecule has 0 unspecified atom stereocenters. The molecule has 0 aliphatic heterocycles. The number of halogens is 1. The number of ether oxygens (including phenoxy) is 1. The maximum atomic E-state index is 7.30. The molecule has 1 aromatic heterocycles. The summed E-state index contributed by atoms with van der Waals surface area (Å²) in [5.41, 5.74) is 5.82. The first-order chi connectivity index (χ1) is 8.06. The molecule has 0 amide bonds. The van der Waals surface area contributed by atoms with Gasteiger partial charge in [-0.25, -0.2) is 0 Å². The van der Waals surface area contributed by atoms with Crippen molar-refractivity contribution in [3.05, 3.63) is 35.1 Å². The van der Waals surface area contributed by atoms with Crippen molar-refractivity contribution < 1.29 is 4.74 Å². The van der Waals surface area contributed by atoms with Crippen molar-refractivity contribution in [2.75, 3.05) is 0 Å². The summed E-state index contributed by atoms with van der Waals surface area (Å²) < 4.78 is 6.90. The van der Waals surface area contributed by atoms with E-state index in [1.165, 1.54) is 11.0 Å². The molecule has 0 spiro atoms. The number of aromatic nitrogens is 3. The predicted octanol–water partition coefficient (Wildman–Crippen LogP) is 1.54. The molecular weight excluding hydrogens is 242 g/mol. The van der Waals surface area contributed by atoms with Crippen molar-refractivity contribution in [2.24, 2.45) is 12.8 Å². The van der Waals surface area contributed by atoms with Crippen LogP contribution in [-0.2, 0) is 7.05 Å². The molecule has 0 bridgehead atoms. The summed E-state index contributed by atoms with van der Waals surface area (Å²) in [6.45, 7) is 0. The summed E-state index contributed by atoms with van der Waals surface area (Å²) in [6.07, 6.45) is 1.53. The molecule has 3 N–H and O–H groups in total. The number of aryl methyl sites for hydroxylation is 1. The van der Waals surface area contributed by atoms with Gasteiger partial charge in [0.05, 0.1) is 5.02 Å². The van der Waals surface area contributed by atoms with Gasteiger partial charge in [-0.1, -0.05) is 11.6 Å². The highest BCUT2D eigenvalue weighted by Gasteiger charge is 2.07. The van der Waals surface area contributed by atoms with E-state index in [1.54, 1.807) is 25.2 Å². The molecule has 1 heterocycles. The van der Waals surface area contributed by atoms with E-state index >= 15 is 0 Å². The van der Waals surface area contributed by atoms with Crippen LogP contribution < -0.4 is 10.5 Å². The molecule has 0 saturated carbocycles. The van der Waals surface area contributed by atoms with Crippen molar-refractivity contribution >= 4 is 17.4 Å². The van der Waals surface area contributed by atoms with Crippen molar-refractivity contribution in [2.45, 2.75) is 0 Å². The van der Waals surface area contributed by atoms with Crippen molar-refractivity contribution in [3.8, 4) is 11.8 Å². The van der Waals surface area contributed by atoms with Gasteiger partial charge in [-0.2, -0.15) is 4.98 Å². The molecule has 88 valence electrons. The second-order valence-corrected chi connectivity index (χ2v) is 3.77. The van der Waals surface area contributed by atoms with E-state index in [9.17, 15) is 0 Å². The van der Waals surface area contributed by atoms with Gasteiger partial charge in [0.15, 0.2) is 0 Å². The zero-order valence-corrected chi connectivity index (χ0v) is 9.77. The smallest absolute Gasteiger partial charge is 0.340 e. The van der Waals surface area contributed by atoms with Crippen LogP contribution in [0.4, 0.5) is 0 Å². The molecular formula is C10H10ClN5O. The average molecular weight is 252 g/mol. The lowest BCUT2D eigenvalue weighted by atomic mass is 10.2. The molecule has 0 atom stereocenters. The van der Waals surface area contributed by atoms with Crippen LogP contribution in [0.15, 0.2) is 24.5 Å². The molecule has 0 saturated heterocycles. The highest BCUT2D eigenvalue weighted by Crippen LogP contribution is 2.24. The molecule has 17 heavy (non-hydrogen) atoms. The SMILES string of the molecule is Cn1cnc(Oc2ccc(C(=N)N)c(Cl)c2)n1. The van der Waals surface area contributed by atoms with Crippen molar-refractivity contribution in [3.63, 3.8) is 0 Å². The van der Waals surface area contributed by atoms with Crippen LogP contribution in [0, 0.1) is 5.41 Å². The van der Waals surface area contributed by atoms with Gasteiger partial charge in [0, 0.05) is 18.7 Å². The second-order valence-electron chi connectivity index (χ2n) is 3.36. The molecule has 6 nitrogen and oxygen atoms in total. The topological polar surface area (TPSA) is 89.8 Å². The number of nitrogens with two attached hydrogens (primary N) is 1. The number of hydrogen-bond donors (Lipinski definition) is 2. The number of amidine groups is 1. The van der Waals surface area contributed by atoms with Crippen molar-refractivity contribution in [1.82, 2.24) is 14.8 Å². The third-order valence-electron chi connectivity index (χ3n) is 2.02. The van der Waals surface area contributed by atoms with E-state index in [2.05, 4.69) is 10.1 Å². The largest absolute Gasteiger partial charge is 0.423 e. The summed E-state index contributed by atoms with van der Waals surface area (Å²) in [5, 5.41) is 11.6. The normalized spacial score (nSPS) is 10.2. The van der Waals surface area contributed by atoms with Gasteiger partial charge >= 0.3 is 6.01 Å². The van der Waals surface area contributed by atoms with E-state index in [0.29, 0.717) is 16.3 Å². The van der Waals surface area contributed by atoms with Gasteiger partial charge in [-0.05, 0) is 12.1 Å². The maximum Gasteiger partial charge on any atom is 0.340 e. The van der Waals surface area contributed by atoms with Gasteiger partial charge in [-0.15, -0.1) is 5.10 Å². The summed E-state index contributed by atoms with van der Waals surface area (Å²) in [4.78, 5) is 3.92. The van der Waals surface area contributed by atoms with Gasteiger partial charge < -0.3 is 10.5 Å². The second kappa shape index (κ2) is 4.42. The minimum absolute atomic E-state index is 0.0856. The lowest BCUT2D eigenvalue weighted by Crippen LogP contribution is -2.11. The Hall–Kier alpha value is -2.08. The first kappa shape index (κ1) is 11.4. The van der Waals surface area contributed by atoms with Crippen LogP contribution in [-0.4, -0.2) is 20.6 Å². The van der Waals surface area contributed by atoms with Gasteiger partial charge in [0.1, 0.15) is 17.9 Å². The van der Waals surface area contributed by atoms with E-state index in [1.807, 2.05) is 0 Å². The van der Waals surface area contributed by atoms with Gasteiger partial charge in [-0.3, -0.25) is 10.1 Å². The Kier molecular flexibility index (Phi) is 2.97. The van der Waals surface area contributed by atoms with Crippen LogP contribution >= 0.6 is 11.6 Å². The Labute approximate surface area is 102 Å². The van der Waals surface area contributed by atoms with E-state index < -0.39 is 0 Å². The van der Waals surface area contributed by atoms with E-state index in [4.69, 9.17) is 27.5 Å². The number of nitrogen functional groups attached to an aromatic ring is 1. The summed E-state index contributed by atoms with van der Waals surface area (Å²) >= 11 is 5.95. The zero-order chi connectivity index (χ0) is 12.4. The van der Waals surface area contributed by atoms with Gasteiger partial charge in [0.2, 0.25) is 0 Å². The Morgan fingerprint density at radius 2 is 2.29 bits per heavy atom. The Balaban J connectivity index is 2.23. The van der Waals surface area contributed by atoms with Gasteiger partial charge in [0.25, 0.3) is 0 Å². The summed E-state index contributed by atoms with van der Waals surface area (Å²) in [7, 11) is 1.74. The molecule has 0 aliphatic carbocycles. The average Bonchev–Trinajstić information content (AvgIpc) is 2.63. The van der Waals surface area contributed by atoms with Crippen LogP contribution in [0.2, 0.25) is 5.02 Å². The lowest BCUT2D eigenvalue weighted by molar-refractivity contribution is 0.439. The fourth-order valence-electron chi connectivity index (χ4n) is 1.25. The van der Waals surface area contributed by atoms with E-state index in [-0.39, 0.29) is 11.8 Å². The quantitative estimate of drug-likeness (QED) is 0.640. The summed E-state index contributed by atoms with van der Waals surface area (Å²) in [5.74, 6) is 0.406. The molecule has 7 heteroatoms. The predicted molar refractivity (Wildman–Crippen MR) is 63.5 cm³/mol. The fraction of sp³-hybridized carbons (Fsp3) is 0.100. The first-order valence-corrected chi connectivity index (χ1v) is 5.11. The number of nitrogens with zero attached hydrogens (tertiary/aromatic N) is 3. The zero-order valence-electron chi connectivity index (χ0n) is 9.01. The molecule has 2 rings (SSSR count). The van der Waals surface area contributed by atoms with Crippen LogP contribution in [0.25, 0.3) is 0 Å². The molecule has 1 aromatic carbocycles. The third kappa shape index (κ3) is 2.54. The minimum Gasteiger partial charge on any atom is -0.423 e. The van der Waals surface area contributed by atoms with Crippen molar-refractivity contribution in [1.29, 1.82) is 5.41 Å². The highest BCUT2D eigenvalue weighted by atomic mass is 35.5. The lowest BCUT2D eigenvalue weighted by Gasteiger charge is -2.05. The van der Waals surface area contributed by atoms with E-state index in [0.717, 1.165) is 0 Å². The Morgan fingerprint density at radius 3 is 2.82 bits per heavy atom. The minimum atomic E-state index is -0.0856. The number of hydrogen-bond acceptors (Lipinski definition) is 4. The standard InChI is InChI=1S/C10H10ClN5O/c1-16-5-14-10(15-16)17-6-2-3-7(9(12)13)8(11)4-6/h2-5H,1H3,(H3,12,13).